The Kier molecular flexibility index (Phi) is 5.70. The van der Waals surface area contributed by atoms with Gasteiger partial charge in [0.2, 0.25) is 0 Å². The van der Waals surface area contributed by atoms with E-state index in [0.29, 0.717) is 0 Å². The van der Waals surface area contributed by atoms with Crippen molar-refractivity contribution in [2.45, 2.75) is 32.1 Å². The number of carbonyl (C=O) groups excluding carboxylic acids is 4. The third kappa shape index (κ3) is 5.89. The number of rotatable bonds is 0. The maximum absolute atomic E-state index is 11.3. The summed E-state index contributed by atoms with van der Waals surface area (Å²) in [5, 5.41) is 0. The molecule has 5 nitrogen and oxygen atoms in total. The normalized spacial score (nSPS) is 23.1. The Morgan fingerprint density at radius 2 is 1.06 bits per heavy atom. The van der Waals surface area contributed by atoms with Gasteiger partial charge in [-0.15, -0.1) is 0 Å². The summed E-state index contributed by atoms with van der Waals surface area (Å²) in [5.74, 6) is -1.67. The number of esters is 2. The second kappa shape index (κ2) is 7.32. The van der Waals surface area contributed by atoms with E-state index < -0.39 is 11.9 Å². The summed E-state index contributed by atoms with van der Waals surface area (Å²) >= 11 is 0. The van der Waals surface area contributed by atoms with Crippen LogP contribution in [0.25, 0.3) is 0 Å². The van der Waals surface area contributed by atoms with Gasteiger partial charge in [-0.2, -0.15) is 0 Å². The van der Waals surface area contributed by atoms with Gasteiger partial charge in [0.15, 0.2) is 0 Å². The van der Waals surface area contributed by atoms with Gasteiger partial charge in [0.25, 0.3) is 0 Å². The average Bonchev–Trinajstić information content (AvgIpc) is 2.29. The molecule has 0 saturated heterocycles. The summed E-state index contributed by atoms with van der Waals surface area (Å²) < 4.78 is 4.50. The van der Waals surface area contributed by atoms with Crippen molar-refractivity contribution >= 4 is 23.5 Å². The van der Waals surface area contributed by atoms with Crippen molar-refractivity contribution in [3.63, 3.8) is 0 Å². The largest absolute Gasteiger partial charge is 0.393 e. The van der Waals surface area contributed by atoms with Gasteiger partial charge in [-0.25, -0.2) is 0 Å². The Bertz CT molecular complexity index is 341. The molecule has 0 N–H and O–H groups in total. The summed E-state index contributed by atoms with van der Waals surface area (Å²) in [5.41, 5.74) is 0. The number of Topliss-reactive ketones (excluding diaryl/α,β-unsaturated/α-hetero) is 2. The van der Waals surface area contributed by atoms with Crippen LogP contribution in [-0.2, 0) is 23.9 Å². The molecular formula is C13H14O5. The standard InChI is InChI=1S/C13H14O5/c14-10-5-1-3-7-12(16)18-13(17)8-4-2-6-11(15)9-10/h1-4H,5-9H2/b3-1-,4-2-. The van der Waals surface area contributed by atoms with Gasteiger partial charge in [0.05, 0.1) is 19.3 Å². The summed E-state index contributed by atoms with van der Waals surface area (Å²) in [6.07, 6.45) is 5.90. The van der Waals surface area contributed by atoms with Crippen LogP contribution in [0.15, 0.2) is 24.3 Å². The highest BCUT2D eigenvalue weighted by Crippen LogP contribution is 2.02. The Morgan fingerprint density at radius 3 is 1.50 bits per heavy atom. The van der Waals surface area contributed by atoms with Crippen molar-refractivity contribution in [2.75, 3.05) is 0 Å². The van der Waals surface area contributed by atoms with Gasteiger partial charge < -0.3 is 4.74 Å². The first-order valence-electron chi connectivity index (χ1n) is 5.65. The molecular weight excluding hydrogens is 236 g/mol. The number of hydrogen-bond donors (Lipinski definition) is 0. The van der Waals surface area contributed by atoms with Gasteiger partial charge >= 0.3 is 11.9 Å². The summed E-state index contributed by atoms with van der Waals surface area (Å²) in [6.45, 7) is 0. The van der Waals surface area contributed by atoms with Gasteiger partial charge in [-0.1, -0.05) is 24.3 Å². The summed E-state index contributed by atoms with van der Waals surface area (Å²) in [7, 11) is 0. The van der Waals surface area contributed by atoms with E-state index in [4.69, 9.17) is 0 Å². The van der Waals surface area contributed by atoms with Crippen molar-refractivity contribution in [3.8, 4) is 0 Å². The summed E-state index contributed by atoms with van der Waals surface area (Å²) in [6, 6.07) is 0. The molecule has 0 radical (unpaired) electrons. The van der Waals surface area contributed by atoms with Crippen LogP contribution in [0.1, 0.15) is 32.1 Å². The SMILES string of the molecule is O=C1C/C=C\CC(=O)OC(=O)C/C=C\CC(=O)C1. The van der Waals surface area contributed by atoms with Crippen LogP contribution in [0.3, 0.4) is 0 Å². The molecule has 0 aliphatic carbocycles. The number of carbonyl (C=O) groups is 4. The van der Waals surface area contributed by atoms with E-state index in [1.165, 1.54) is 24.3 Å². The molecule has 5 heteroatoms. The lowest BCUT2D eigenvalue weighted by Crippen LogP contribution is -2.11. The monoisotopic (exact) mass is 250 g/mol. The molecule has 0 aromatic carbocycles. The Labute approximate surface area is 104 Å². The smallest absolute Gasteiger partial charge is 0.317 e. The molecule has 0 fully saturated rings. The molecule has 1 heterocycles. The number of cyclic esters (lactones) is 2. The zero-order chi connectivity index (χ0) is 13.4. The minimum atomic E-state index is -0.648. The number of hydrogen-bond acceptors (Lipinski definition) is 5. The molecule has 0 atom stereocenters. The topological polar surface area (TPSA) is 77.5 Å². The van der Waals surface area contributed by atoms with Crippen LogP contribution >= 0.6 is 0 Å². The highest BCUT2D eigenvalue weighted by atomic mass is 16.6. The fraction of sp³-hybridized carbons (Fsp3) is 0.385. The van der Waals surface area contributed by atoms with E-state index in [1.54, 1.807) is 0 Å². The zero-order valence-electron chi connectivity index (χ0n) is 9.89. The van der Waals surface area contributed by atoms with Crippen molar-refractivity contribution in [1.29, 1.82) is 0 Å². The van der Waals surface area contributed by atoms with Crippen LogP contribution in [0.5, 0.6) is 0 Å². The van der Waals surface area contributed by atoms with Gasteiger partial charge in [0, 0.05) is 12.8 Å². The molecule has 0 spiro atoms. The minimum absolute atomic E-state index is 0.0588. The van der Waals surface area contributed by atoms with Crippen molar-refractivity contribution in [1.82, 2.24) is 0 Å². The van der Waals surface area contributed by atoms with E-state index >= 15 is 0 Å². The Hall–Kier alpha value is -2.04. The van der Waals surface area contributed by atoms with E-state index in [1.807, 2.05) is 0 Å². The first kappa shape index (κ1) is 14.0. The molecule has 1 aliphatic heterocycles. The van der Waals surface area contributed by atoms with Gasteiger partial charge in [0.1, 0.15) is 11.6 Å². The Balaban J connectivity index is 2.64. The number of ketones is 2. The maximum Gasteiger partial charge on any atom is 0.317 e. The van der Waals surface area contributed by atoms with Crippen LogP contribution in [0.4, 0.5) is 0 Å². The average molecular weight is 250 g/mol. The minimum Gasteiger partial charge on any atom is -0.393 e. The first-order chi connectivity index (χ1) is 8.58. The number of allylic oxidation sites excluding steroid dienone is 2. The second-order valence-electron chi connectivity index (χ2n) is 3.86. The van der Waals surface area contributed by atoms with Crippen LogP contribution in [0.2, 0.25) is 0 Å². The molecule has 0 bridgehead atoms. The highest BCUT2D eigenvalue weighted by Gasteiger charge is 2.10. The van der Waals surface area contributed by atoms with E-state index in [0.717, 1.165) is 0 Å². The molecule has 18 heavy (non-hydrogen) atoms. The van der Waals surface area contributed by atoms with Crippen LogP contribution in [-0.4, -0.2) is 23.5 Å². The van der Waals surface area contributed by atoms with E-state index in [9.17, 15) is 19.2 Å². The molecule has 1 rings (SSSR count). The van der Waals surface area contributed by atoms with E-state index in [2.05, 4.69) is 4.74 Å². The molecule has 96 valence electrons. The van der Waals surface area contributed by atoms with Crippen molar-refractivity contribution in [2.24, 2.45) is 0 Å². The lowest BCUT2D eigenvalue weighted by Gasteiger charge is -2.00. The number of ether oxygens (including phenoxy) is 1. The van der Waals surface area contributed by atoms with Crippen molar-refractivity contribution in [3.05, 3.63) is 24.3 Å². The molecule has 1 aliphatic rings. The molecule has 0 aromatic heterocycles. The van der Waals surface area contributed by atoms with Gasteiger partial charge in [-0.05, 0) is 0 Å². The summed E-state index contributed by atoms with van der Waals surface area (Å²) in [4.78, 5) is 44.9. The third-order valence-corrected chi connectivity index (χ3v) is 2.22. The fourth-order valence-corrected chi connectivity index (χ4v) is 1.36. The van der Waals surface area contributed by atoms with Crippen LogP contribution in [0, 0.1) is 0 Å². The third-order valence-electron chi connectivity index (χ3n) is 2.22. The molecule has 0 amide bonds. The molecule has 0 aromatic rings. The predicted molar refractivity (Wildman–Crippen MR) is 62.5 cm³/mol. The predicted octanol–water partition coefficient (Wildman–Crippen LogP) is 1.27. The zero-order valence-corrected chi connectivity index (χ0v) is 9.89. The maximum atomic E-state index is 11.3. The first-order valence-corrected chi connectivity index (χ1v) is 5.65. The second-order valence-corrected chi connectivity index (χ2v) is 3.86. The molecule has 0 unspecified atom stereocenters. The van der Waals surface area contributed by atoms with E-state index in [-0.39, 0.29) is 43.7 Å². The highest BCUT2D eigenvalue weighted by molar-refractivity contribution is 6.00. The van der Waals surface area contributed by atoms with Crippen LogP contribution < -0.4 is 0 Å². The Morgan fingerprint density at radius 1 is 0.667 bits per heavy atom. The quantitative estimate of drug-likeness (QED) is 0.367. The fourth-order valence-electron chi connectivity index (χ4n) is 1.36. The van der Waals surface area contributed by atoms with Gasteiger partial charge in [-0.3, -0.25) is 19.2 Å². The lowest BCUT2D eigenvalue weighted by atomic mass is 10.1. The lowest BCUT2D eigenvalue weighted by molar-refractivity contribution is -0.158. The molecule has 0 saturated carbocycles. The van der Waals surface area contributed by atoms with Crippen molar-refractivity contribution < 1.29 is 23.9 Å².